The molecular weight excluding hydrogens is 600 g/mol. The molecule has 0 aliphatic carbocycles. The van der Waals surface area contributed by atoms with Gasteiger partial charge in [-0.3, -0.25) is 9.36 Å². The first-order valence-electron chi connectivity index (χ1n) is 15.3. The van der Waals surface area contributed by atoms with Crippen molar-refractivity contribution < 1.29 is 28.5 Å². The molecule has 1 unspecified atom stereocenters. The Morgan fingerprint density at radius 3 is 2.38 bits per heavy atom. The van der Waals surface area contributed by atoms with Crippen molar-refractivity contribution in [2.75, 3.05) is 12.3 Å². The number of ether oxygens (including phenoxy) is 5. The smallest absolute Gasteiger partial charge is 0.305 e. The molecule has 0 saturated carbocycles. The molecule has 0 bridgehead atoms. The number of nitrogens with one attached hydrogen (secondary N) is 1. The lowest BCUT2D eigenvalue weighted by atomic mass is 9.97. The minimum absolute atomic E-state index is 0.232. The number of nitrogens with two attached hydrogens (primary N) is 1. The van der Waals surface area contributed by atoms with Gasteiger partial charge in [0.2, 0.25) is 0 Å². The van der Waals surface area contributed by atoms with Crippen LogP contribution >= 0.6 is 0 Å². The normalized spacial score (nSPS) is 23.7. The first kappa shape index (κ1) is 29.1. The fraction of sp³-hybridized carbons (Fsp3) is 0.257. The van der Waals surface area contributed by atoms with Crippen LogP contribution in [0, 0.1) is 0 Å². The Morgan fingerprint density at radius 1 is 0.915 bits per heavy atom. The first-order chi connectivity index (χ1) is 22.8. The zero-order valence-electron chi connectivity index (χ0n) is 25.6. The molecule has 12 nitrogen and oxygen atoms in total. The fourth-order valence-corrected chi connectivity index (χ4v) is 6.41. The van der Waals surface area contributed by atoms with Crippen molar-refractivity contribution in [2.45, 2.75) is 50.0 Å². The molecule has 2 aromatic heterocycles. The van der Waals surface area contributed by atoms with Gasteiger partial charge in [0.05, 0.1) is 11.9 Å². The molecule has 3 aliphatic heterocycles. The van der Waals surface area contributed by atoms with Crippen molar-refractivity contribution in [1.29, 1.82) is 0 Å². The van der Waals surface area contributed by atoms with Crippen molar-refractivity contribution in [2.24, 2.45) is 0 Å². The van der Waals surface area contributed by atoms with Crippen molar-refractivity contribution in [3.05, 3.63) is 120 Å². The van der Waals surface area contributed by atoms with Crippen LogP contribution in [0.3, 0.4) is 0 Å². The quantitative estimate of drug-likeness (QED) is 0.246. The van der Waals surface area contributed by atoms with Crippen LogP contribution in [0.1, 0.15) is 41.6 Å². The number of nitrogens with zero attached hydrogens (tertiary/aromatic N) is 4. The van der Waals surface area contributed by atoms with Crippen LogP contribution in [0.4, 0.5) is 5.82 Å². The number of hydrogen-bond acceptors (Lipinski definition) is 10. The molecule has 1 amide bonds. The van der Waals surface area contributed by atoms with E-state index in [1.807, 2.05) is 86.7 Å². The number of carbonyl (C=O) groups excluding carboxylic acids is 1. The molecule has 3 aliphatic rings. The van der Waals surface area contributed by atoms with Gasteiger partial charge in [-0.25, -0.2) is 15.0 Å². The van der Waals surface area contributed by atoms with Crippen LogP contribution < -0.4 is 20.5 Å². The minimum Gasteiger partial charge on any atom is -0.440 e. The Labute approximate surface area is 270 Å². The highest BCUT2D eigenvalue weighted by molar-refractivity contribution is 5.98. The lowest BCUT2D eigenvalue weighted by Crippen LogP contribution is -2.37. The van der Waals surface area contributed by atoms with Gasteiger partial charge in [0.15, 0.2) is 35.0 Å². The molecule has 47 heavy (non-hydrogen) atoms. The summed E-state index contributed by atoms with van der Waals surface area (Å²) in [6.07, 6.45) is 4.86. The summed E-state index contributed by atoms with van der Waals surface area (Å²) in [5, 5.41) is 2.97. The Bertz CT molecular complexity index is 1940. The van der Waals surface area contributed by atoms with Crippen LogP contribution in [0.2, 0.25) is 0 Å². The number of hydrogen-bond donors (Lipinski definition) is 2. The summed E-state index contributed by atoms with van der Waals surface area (Å²) in [7, 11) is 0. The summed E-state index contributed by atoms with van der Waals surface area (Å²) < 4.78 is 33.8. The van der Waals surface area contributed by atoms with E-state index in [1.165, 1.54) is 6.33 Å². The van der Waals surface area contributed by atoms with Gasteiger partial charge in [-0.1, -0.05) is 78.9 Å². The summed E-state index contributed by atoms with van der Waals surface area (Å²) in [6, 6.07) is 24.7. The number of imidazole rings is 1. The summed E-state index contributed by atoms with van der Waals surface area (Å²) in [5.41, 5.74) is 9.02. The highest BCUT2D eigenvalue weighted by Gasteiger charge is 2.55. The van der Waals surface area contributed by atoms with E-state index in [4.69, 9.17) is 29.4 Å². The van der Waals surface area contributed by atoms with E-state index >= 15 is 0 Å². The summed E-state index contributed by atoms with van der Waals surface area (Å²) in [6.45, 7) is 3.96. The summed E-state index contributed by atoms with van der Waals surface area (Å²) in [5.74, 6) is -1.21. The molecule has 238 valence electrons. The largest absolute Gasteiger partial charge is 0.440 e. The van der Waals surface area contributed by atoms with Crippen molar-refractivity contribution in [3.8, 4) is 11.5 Å². The minimum atomic E-state index is -1.23. The van der Waals surface area contributed by atoms with Crippen LogP contribution in [0.15, 0.2) is 104 Å². The van der Waals surface area contributed by atoms with Gasteiger partial charge in [0, 0.05) is 17.7 Å². The average molecular weight is 633 g/mol. The first-order valence-corrected chi connectivity index (χ1v) is 15.3. The van der Waals surface area contributed by atoms with E-state index in [0.717, 1.165) is 11.1 Å². The highest BCUT2D eigenvalue weighted by atomic mass is 16.8. The zero-order chi connectivity index (χ0) is 32.2. The molecule has 3 aromatic carbocycles. The predicted molar refractivity (Wildman–Crippen MR) is 170 cm³/mol. The molecule has 2 fully saturated rings. The van der Waals surface area contributed by atoms with E-state index < -0.39 is 36.1 Å². The topological polar surface area (TPSA) is 145 Å². The number of aromatic nitrogens is 4. The van der Waals surface area contributed by atoms with Gasteiger partial charge in [-0.15, -0.1) is 0 Å². The van der Waals surface area contributed by atoms with Gasteiger partial charge < -0.3 is 34.7 Å². The number of carbonyl (C=O) groups is 1. The molecule has 12 heteroatoms. The van der Waals surface area contributed by atoms with Crippen LogP contribution in [0.25, 0.3) is 11.2 Å². The maximum atomic E-state index is 13.5. The molecule has 5 aromatic rings. The maximum Gasteiger partial charge on any atom is 0.305 e. The number of para-hydroxylation sites is 1. The zero-order valence-corrected chi connectivity index (χ0v) is 25.6. The Morgan fingerprint density at radius 2 is 1.64 bits per heavy atom. The Hall–Kier alpha value is -5.30. The number of benzene rings is 3. The molecule has 0 radical (unpaired) electrons. The number of amides is 1. The number of nitrogen functional groups attached to an aromatic ring is 1. The standard InChI is InChI=1S/C35H32N6O6/c1-34(2)45-28-24(43-33(29(28)46-34)41-20-40-26-30(36)38-19-39-31(26)41)17-10-18-37-32(42)23-15-9-16-25-27(23)47-35(44-25,21-11-5-3-6-12-21)22-13-7-4-8-14-22/h3-17,19-20,24,28-29,33H,18H2,1-2H3,(H,37,42)(H2,36,38,39)/b17-10+/t24-,28?,29+,33-/m1/s1. The average Bonchev–Trinajstić information content (AvgIpc) is 3.84. The molecule has 0 spiro atoms. The van der Waals surface area contributed by atoms with Crippen LogP contribution in [-0.4, -0.2) is 56.1 Å². The van der Waals surface area contributed by atoms with Crippen molar-refractivity contribution in [3.63, 3.8) is 0 Å². The molecule has 8 rings (SSSR count). The van der Waals surface area contributed by atoms with Gasteiger partial charge in [0.25, 0.3) is 5.91 Å². The predicted octanol–water partition coefficient (Wildman–Crippen LogP) is 4.48. The third kappa shape index (κ3) is 4.97. The summed E-state index contributed by atoms with van der Waals surface area (Å²) >= 11 is 0. The van der Waals surface area contributed by atoms with Crippen molar-refractivity contribution >= 4 is 22.9 Å². The van der Waals surface area contributed by atoms with E-state index in [-0.39, 0.29) is 18.3 Å². The third-order valence-electron chi connectivity index (χ3n) is 8.46. The monoisotopic (exact) mass is 632 g/mol. The van der Waals surface area contributed by atoms with Crippen LogP contribution in [0.5, 0.6) is 11.5 Å². The van der Waals surface area contributed by atoms with E-state index in [1.54, 1.807) is 29.1 Å². The second kappa shape index (κ2) is 11.2. The second-order valence-corrected chi connectivity index (χ2v) is 12.0. The van der Waals surface area contributed by atoms with Gasteiger partial charge in [-0.2, -0.15) is 0 Å². The van der Waals surface area contributed by atoms with E-state index in [0.29, 0.717) is 28.2 Å². The lowest BCUT2D eigenvalue weighted by Gasteiger charge is -2.28. The third-order valence-corrected chi connectivity index (χ3v) is 8.46. The van der Waals surface area contributed by atoms with E-state index in [9.17, 15) is 4.79 Å². The lowest BCUT2D eigenvalue weighted by molar-refractivity contribution is -0.191. The van der Waals surface area contributed by atoms with Gasteiger partial charge in [0.1, 0.15) is 30.2 Å². The molecule has 2 saturated heterocycles. The molecule has 3 N–H and O–H groups in total. The fourth-order valence-electron chi connectivity index (χ4n) is 6.41. The van der Waals surface area contributed by atoms with Crippen LogP contribution in [-0.2, 0) is 20.0 Å². The van der Waals surface area contributed by atoms with Gasteiger partial charge >= 0.3 is 5.79 Å². The Balaban J connectivity index is 0.996. The van der Waals surface area contributed by atoms with Gasteiger partial charge in [-0.05, 0) is 26.0 Å². The van der Waals surface area contributed by atoms with Crippen molar-refractivity contribution in [1.82, 2.24) is 24.8 Å². The summed E-state index contributed by atoms with van der Waals surface area (Å²) in [4.78, 5) is 26.3. The second-order valence-electron chi connectivity index (χ2n) is 12.0. The Kier molecular flexibility index (Phi) is 6.94. The maximum absolute atomic E-state index is 13.5. The highest BCUT2D eigenvalue weighted by Crippen LogP contribution is 2.49. The van der Waals surface area contributed by atoms with E-state index in [2.05, 4.69) is 20.3 Å². The molecular formula is C35H32N6O6. The number of anilines is 1. The number of rotatable bonds is 7. The number of fused-ring (bicyclic) bond motifs is 3. The molecule has 5 heterocycles. The SMILES string of the molecule is CC1(C)OC2[C@@H](/C=C/CNC(=O)c3cccc4c3OC(c3ccccc3)(c3ccccc3)O4)O[C@@H](n3cnc4c(N)ncnc43)[C@H]2O1. The molecule has 4 atom stereocenters.